The van der Waals surface area contributed by atoms with Gasteiger partial charge in [-0.25, -0.2) is 19.2 Å². The number of carbonyl (C=O) groups is 4. The van der Waals surface area contributed by atoms with Crippen LogP contribution in [0.25, 0.3) is 0 Å². The first-order valence-corrected chi connectivity index (χ1v) is 11.9. The third-order valence-electron chi connectivity index (χ3n) is 4.64. The van der Waals surface area contributed by atoms with E-state index >= 15 is 0 Å². The largest absolute Gasteiger partial charge is 0.479 e. The molecule has 2 amide bonds. The summed E-state index contributed by atoms with van der Waals surface area (Å²) in [7, 11) is 0. The number of hydrogen-bond acceptors (Lipinski definition) is 9. The standard InChI is InChI=1S/C14H19NO5.C12H15NO5/c1-2-19-13(17)12(16)8-9-15-14(18)20-10-11-6-4-3-5-7-11;14-10(11(15)16)6-7-13-12(17)18-8-9-4-2-1-3-5-9/h3-7,12,16H,2,8-10H2,1H3,(H,15,18);1-5,10,14H,6-8H2,(H,13,17)(H,15,16)/t12-;10-/m11/s1. The Morgan fingerprint density at radius 3 is 1.53 bits per heavy atom. The van der Waals surface area contributed by atoms with Crippen molar-refractivity contribution in [3.8, 4) is 0 Å². The molecule has 5 N–H and O–H groups in total. The number of ether oxygens (including phenoxy) is 3. The minimum absolute atomic E-state index is 0.0427. The molecule has 2 rings (SSSR count). The summed E-state index contributed by atoms with van der Waals surface area (Å²) in [5.74, 6) is -2.00. The number of hydrogen-bond donors (Lipinski definition) is 5. The number of carbonyl (C=O) groups excluding carboxylic acids is 3. The fourth-order valence-corrected chi connectivity index (χ4v) is 2.65. The van der Waals surface area contributed by atoms with Gasteiger partial charge in [-0.1, -0.05) is 60.7 Å². The Labute approximate surface area is 220 Å². The summed E-state index contributed by atoms with van der Waals surface area (Å²) in [5.41, 5.74) is 1.74. The predicted molar refractivity (Wildman–Crippen MR) is 135 cm³/mol. The molecule has 12 heteroatoms. The van der Waals surface area contributed by atoms with Gasteiger partial charge in [0, 0.05) is 25.9 Å². The van der Waals surface area contributed by atoms with Crippen LogP contribution in [0.3, 0.4) is 0 Å². The van der Waals surface area contributed by atoms with E-state index in [4.69, 9.17) is 19.7 Å². The van der Waals surface area contributed by atoms with Gasteiger partial charge in [0.05, 0.1) is 6.61 Å². The van der Waals surface area contributed by atoms with Gasteiger partial charge in [0.1, 0.15) is 13.2 Å². The van der Waals surface area contributed by atoms with Crippen molar-refractivity contribution in [2.24, 2.45) is 0 Å². The molecular formula is C26H34N2O10. The molecule has 0 aromatic heterocycles. The quantitative estimate of drug-likeness (QED) is 0.188. The number of nitrogens with one attached hydrogen (secondary N) is 2. The smallest absolute Gasteiger partial charge is 0.407 e. The van der Waals surface area contributed by atoms with Gasteiger partial charge in [0.2, 0.25) is 0 Å². The van der Waals surface area contributed by atoms with Crippen molar-refractivity contribution in [3.63, 3.8) is 0 Å². The average Bonchev–Trinajstić information content (AvgIpc) is 2.92. The molecule has 2 aromatic rings. The summed E-state index contributed by atoms with van der Waals surface area (Å²) < 4.78 is 14.5. The monoisotopic (exact) mass is 534 g/mol. The average molecular weight is 535 g/mol. The number of rotatable bonds is 13. The molecule has 0 heterocycles. The van der Waals surface area contributed by atoms with Crippen molar-refractivity contribution in [1.29, 1.82) is 0 Å². The van der Waals surface area contributed by atoms with Crippen LogP contribution in [-0.2, 0) is 37.0 Å². The maximum Gasteiger partial charge on any atom is 0.407 e. The van der Waals surface area contributed by atoms with Gasteiger partial charge >= 0.3 is 24.1 Å². The van der Waals surface area contributed by atoms with Gasteiger partial charge in [0.25, 0.3) is 0 Å². The fourth-order valence-electron chi connectivity index (χ4n) is 2.65. The Morgan fingerprint density at radius 2 is 1.13 bits per heavy atom. The van der Waals surface area contributed by atoms with Crippen LogP contribution in [0, 0.1) is 0 Å². The Kier molecular flexibility index (Phi) is 15.9. The second-order valence-electron chi connectivity index (χ2n) is 7.68. The van der Waals surface area contributed by atoms with Crippen LogP contribution >= 0.6 is 0 Å². The molecular weight excluding hydrogens is 500 g/mol. The van der Waals surface area contributed by atoms with Crippen molar-refractivity contribution in [1.82, 2.24) is 10.6 Å². The lowest BCUT2D eigenvalue weighted by atomic mass is 10.2. The lowest BCUT2D eigenvalue weighted by Crippen LogP contribution is -2.31. The van der Waals surface area contributed by atoms with Crippen LogP contribution in [0.4, 0.5) is 9.59 Å². The minimum atomic E-state index is -1.47. The maximum absolute atomic E-state index is 11.4. The Hall–Kier alpha value is -4.16. The molecule has 0 saturated heterocycles. The van der Waals surface area contributed by atoms with Crippen molar-refractivity contribution in [2.75, 3.05) is 19.7 Å². The van der Waals surface area contributed by atoms with Crippen molar-refractivity contribution in [2.45, 2.75) is 45.2 Å². The molecule has 0 aliphatic rings. The molecule has 2 atom stereocenters. The lowest BCUT2D eigenvalue weighted by molar-refractivity contribution is -0.153. The number of carboxylic acid groups (broad SMARTS) is 1. The molecule has 0 aliphatic carbocycles. The number of aliphatic hydroxyl groups excluding tert-OH is 2. The molecule has 0 radical (unpaired) electrons. The SMILES string of the molecule is CCOC(=O)[C@H](O)CCNC(=O)OCc1ccccc1.O=C(NCC[C@@H](O)C(=O)O)OCc1ccccc1. The van der Waals surface area contributed by atoms with Crippen LogP contribution < -0.4 is 10.6 Å². The summed E-state index contributed by atoms with van der Waals surface area (Å²) in [5, 5.41) is 31.6. The second kappa shape index (κ2) is 19.0. The Bertz CT molecular complexity index is 973. The van der Waals surface area contributed by atoms with Gasteiger partial charge in [0.15, 0.2) is 12.2 Å². The molecule has 208 valence electrons. The van der Waals surface area contributed by atoms with E-state index in [1.54, 1.807) is 6.92 Å². The molecule has 0 fully saturated rings. The Morgan fingerprint density at radius 1 is 0.711 bits per heavy atom. The van der Waals surface area contributed by atoms with E-state index in [-0.39, 0.29) is 45.8 Å². The normalized spacial score (nSPS) is 11.6. The zero-order chi connectivity index (χ0) is 28.2. The minimum Gasteiger partial charge on any atom is -0.479 e. The summed E-state index contributed by atoms with van der Waals surface area (Å²) in [6.45, 7) is 2.36. The zero-order valence-corrected chi connectivity index (χ0v) is 21.1. The van der Waals surface area contributed by atoms with E-state index in [2.05, 4.69) is 15.4 Å². The highest BCUT2D eigenvalue weighted by Gasteiger charge is 2.16. The van der Waals surface area contributed by atoms with Crippen molar-refractivity contribution < 1.29 is 48.7 Å². The first-order chi connectivity index (χ1) is 18.2. The summed E-state index contributed by atoms with van der Waals surface area (Å²) in [6.07, 6.45) is -3.92. The molecule has 0 bridgehead atoms. The summed E-state index contributed by atoms with van der Waals surface area (Å²) >= 11 is 0. The van der Waals surface area contributed by atoms with Crippen LogP contribution in [0.5, 0.6) is 0 Å². The van der Waals surface area contributed by atoms with Crippen LogP contribution in [0.15, 0.2) is 60.7 Å². The summed E-state index contributed by atoms with van der Waals surface area (Å²) in [6, 6.07) is 18.4. The highest BCUT2D eigenvalue weighted by Crippen LogP contribution is 2.02. The second-order valence-corrected chi connectivity index (χ2v) is 7.68. The lowest BCUT2D eigenvalue weighted by Gasteiger charge is -2.10. The van der Waals surface area contributed by atoms with Gasteiger partial charge in [-0.15, -0.1) is 0 Å². The van der Waals surface area contributed by atoms with Crippen molar-refractivity contribution >= 4 is 24.1 Å². The van der Waals surface area contributed by atoms with E-state index in [0.29, 0.717) is 0 Å². The maximum atomic E-state index is 11.4. The van der Waals surface area contributed by atoms with Gasteiger partial charge in [-0.3, -0.25) is 0 Å². The molecule has 0 aliphatic heterocycles. The number of carboxylic acids is 1. The van der Waals surface area contributed by atoms with Gasteiger partial charge in [-0.2, -0.15) is 0 Å². The Balaban J connectivity index is 0.000000382. The number of alkyl carbamates (subject to hydrolysis) is 2. The molecule has 0 unspecified atom stereocenters. The molecule has 2 aromatic carbocycles. The first kappa shape index (κ1) is 31.9. The molecule has 0 spiro atoms. The molecule has 38 heavy (non-hydrogen) atoms. The topological polar surface area (TPSA) is 181 Å². The van der Waals surface area contributed by atoms with E-state index in [9.17, 15) is 24.3 Å². The number of benzene rings is 2. The highest BCUT2D eigenvalue weighted by atomic mass is 16.6. The highest BCUT2D eigenvalue weighted by molar-refractivity contribution is 5.74. The molecule has 12 nitrogen and oxygen atoms in total. The van der Waals surface area contributed by atoms with Crippen LogP contribution in [0.1, 0.15) is 30.9 Å². The number of aliphatic hydroxyl groups is 2. The van der Waals surface area contributed by atoms with Crippen LogP contribution in [0.2, 0.25) is 0 Å². The van der Waals surface area contributed by atoms with E-state index in [1.807, 2.05) is 60.7 Å². The fraction of sp³-hybridized carbons (Fsp3) is 0.385. The van der Waals surface area contributed by atoms with E-state index < -0.39 is 36.3 Å². The summed E-state index contributed by atoms with van der Waals surface area (Å²) in [4.78, 5) is 44.0. The van der Waals surface area contributed by atoms with Crippen molar-refractivity contribution in [3.05, 3.63) is 71.8 Å². The number of esters is 1. The van der Waals surface area contributed by atoms with Gasteiger partial charge in [-0.05, 0) is 18.1 Å². The molecule has 0 saturated carbocycles. The number of amides is 2. The zero-order valence-electron chi connectivity index (χ0n) is 21.1. The first-order valence-electron chi connectivity index (χ1n) is 11.9. The third-order valence-corrected chi connectivity index (χ3v) is 4.64. The number of aliphatic carboxylic acids is 1. The van der Waals surface area contributed by atoms with E-state index in [1.165, 1.54) is 0 Å². The van der Waals surface area contributed by atoms with E-state index in [0.717, 1.165) is 11.1 Å². The third kappa shape index (κ3) is 15.1. The van der Waals surface area contributed by atoms with Gasteiger partial charge < -0.3 is 40.2 Å². The predicted octanol–water partition coefficient (Wildman–Crippen LogP) is 1.98. The van der Waals surface area contributed by atoms with Crippen LogP contribution in [-0.4, -0.2) is 71.3 Å².